The van der Waals surface area contributed by atoms with Crippen LogP contribution >= 0.6 is 0 Å². The molecule has 6 N–H and O–H groups in total. The van der Waals surface area contributed by atoms with E-state index in [1.807, 2.05) is 43.3 Å². The molecular weight excluding hydrogens is 500 g/mol. The molecule has 0 unspecified atom stereocenters. The summed E-state index contributed by atoms with van der Waals surface area (Å²) in [6, 6.07) is 11.1. The molecule has 0 aliphatic carbocycles. The molecule has 0 fully saturated rings. The van der Waals surface area contributed by atoms with E-state index in [9.17, 15) is 13.2 Å². The first-order valence-corrected chi connectivity index (χ1v) is 15.4. The lowest BCUT2D eigenvalue weighted by atomic mass is 10.1. The van der Waals surface area contributed by atoms with Gasteiger partial charge in [-0.1, -0.05) is 30.7 Å². The second-order valence-electron chi connectivity index (χ2n) is 9.78. The van der Waals surface area contributed by atoms with Crippen molar-refractivity contribution < 1.29 is 13.2 Å². The molecule has 0 atom stereocenters. The highest BCUT2D eigenvalue weighted by Gasteiger charge is 2.18. The number of amides is 1. The van der Waals surface area contributed by atoms with Crippen molar-refractivity contribution in [1.29, 1.82) is 0 Å². The molecule has 0 aliphatic heterocycles. The average molecular weight is 549 g/mol. The summed E-state index contributed by atoms with van der Waals surface area (Å²) in [4.78, 5) is 14.3. The normalized spacial score (nSPS) is 11.7. The van der Waals surface area contributed by atoms with E-state index < -0.39 is 10.0 Å². The lowest BCUT2D eigenvalue weighted by Crippen LogP contribution is -2.28. The van der Waals surface area contributed by atoms with Gasteiger partial charge in [0, 0.05) is 50.1 Å². The third-order valence-corrected chi connectivity index (χ3v) is 7.89. The van der Waals surface area contributed by atoms with Crippen LogP contribution in [0.3, 0.4) is 0 Å². The predicted octanol–water partition coefficient (Wildman–Crippen LogP) is 2.56. The SMILES string of the molecule is CN(C)c1cccc2c(S(=O)(=O)NCCCCCC(=O)NCCCNCCCCNCCCN)cccc12. The van der Waals surface area contributed by atoms with Gasteiger partial charge in [-0.3, -0.25) is 4.79 Å². The minimum absolute atomic E-state index is 0.0570. The Morgan fingerprint density at radius 3 is 2.11 bits per heavy atom. The number of nitrogens with one attached hydrogen (secondary N) is 4. The fourth-order valence-electron chi connectivity index (χ4n) is 4.27. The molecule has 214 valence electrons. The van der Waals surface area contributed by atoms with E-state index >= 15 is 0 Å². The van der Waals surface area contributed by atoms with Gasteiger partial charge in [-0.15, -0.1) is 0 Å². The number of rotatable bonds is 21. The number of anilines is 1. The van der Waals surface area contributed by atoms with Crippen LogP contribution in [0.15, 0.2) is 41.3 Å². The van der Waals surface area contributed by atoms with Crippen molar-refractivity contribution >= 4 is 32.4 Å². The maximum absolute atomic E-state index is 13.0. The first-order chi connectivity index (χ1) is 18.4. The minimum Gasteiger partial charge on any atom is -0.377 e. The number of fused-ring (bicyclic) bond motifs is 1. The molecule has 0 heterocycles. The van der Waals surface area contributed by atoms with Gasteiger partial charge in [0.1, 0.15) is 0 Å². The van der Waals surface area contributed by atoms with Crippen molar-refractivity contribution in [3.8, 4) is 0 Å². The van der Waals surface area contributed by atoms with Gasteiger partial charge in [0.25, 0.3) is 0 Å². The van der Waals surface area contributed by atoms with Crippen LogP contribution < -0.4 is 31.3 Å². The third-order valence-electron chi connectivity index (χ3n) is 6.37. The summed E-state index contributed by atoms with van der Waals surface area (Å²) in [5, 5.41) is 11.4. The van der Waals surface area contributed by atoms with Gasteiger partial charge in [-0.25, -0.2) is 13.1 Å². The Hall–Kier alpha value is -2.24. The molecule has 38 heavy (non-hydrogen) atoms. The number of nitrogens with two attached hydrogens (primary N) is 1. The molecule has 10 heteroatoms. The fraction of sp³-hybridized carbons (Fsp3) is 0.607. The van der Waals surface area contributed by atoms with E-state index in [2.05, 4.69) is 20.7 Å². The van der Waals surface area contributed by atoms with E-state index in [1.165, 1.54) is 0 Å². The molecule has 1 amide bonds. The summed E-state index contributed by atoms with van der Waals surface area (Å²) >= 11 is 0. The molecule has 0 aliphatic rings. The van der Waals surface area contributed by atoms with Gasteiger partial charge in [-0.05, 0) is 83.4 Å². The summed E-state index contributed by atoms with van der Waals surface area (Å²) in [6.45, 7) is 5.68. The molecule has 2 aromatic rings. The van der Waals surface area contributed by atoms with Crippen molar-refractivity contribution in [2.45, 2.75) is 56.3 Å². The van der Waals surface area contributed by atoms with E-state index in [-0.39, 0.29) is 5.91 Å². The summed E-state index contributed by atoms with van der Waals surface area (Å²) in [5.41, 5.74) is 6.44. The molecule has 0 spiro atoms. The molecule has 0 aromatic heterocycles. The van der Waals surface area contributed by atoms with Gasteiger partial charge in [-0.2, -0.15) is 0 Å². The lowest BCUT2D eigenvalue weighted by molar-refractivity contribution is -0.121. The second kappa shape index (κ2) is 18.1. The zero-order valence-corrected chi connectivity index (χ0v) is 24.0. The molecule has 0 saturated carbocycles. The highest BCUT2D eigenvalue weighted by Crippen LogP contribution is 2.30. The number of carbonyl (C=O) groups is 1. The van der Waals surface area contributed by atoms with Crippen LogP contribution in [-0.4, -0.2) is 74.2 Å². The van der Waals surface area contributed by atoms with E-state index in [1.54, 1.807) is 12.1 Å². The molecule has 2 aromatic carbocycles. The highest BCUT2D eigenvalue weighted by atomic mass is 32.2. The Labute approximate surface area is 229 Å². The number of hydrogen-bond donors (Lipinski definition) is 5. The summed E-state index contributed by atoms with van der Waals surface area (Å²) < 4.78 is 28.6. The topological polar surface area (TPSA) is 129 Å². The largest absolute Gasteiger partial charge is 0.377 e. The van der Waals surface area contributed by atoms with E-state index in [4.69, 9.17) is 5.73 Å². The standard InChI is InChI=1S/C28H48N6O3S/c1-34(2)26-14-8-13-25-24(26)12-9-15-27(25)38(36,37)33-23-5-3-4-16-28(35)32-22-11-21-31-19-7-6-18-30-20-10-17-29/h8-9,12-15,30-31,33H,3-7,10-11,16-23,29H2,1-2H3,(H,32,35). The van der Waals surface area contributed by atoms with Crippen molar-refractivity contribution in [3.63, 3.8) is 0 Å². The van der Waals surface area contributed by atoms with Crippen LogP contribution in [0.4, 0.5) is 5.69 Å². The van der Waals surface area contributed by atoms with Gasteiger partial charge >= 0.3 is 0 Å². The number of unbranched alkanes of at least 4 members (excludes halogenated alkanes) is 3. The summed E-state index contributed by atoms with van der Waals surface area (Å²) in [7, 11) is 0.265. The van der Waals surface area contributed by atoms with Crippen LogP contribution in [0.1, 0.15) is 51.4 Å². The highest BCUT2D eigenvalue weighted by molar-refractivity contribution is 7.89. The summed E-state index contributed by atoms with van der Waals surface area (Å²) in [6.07, 6.45) is 6.90. The zero-order chi connectivity index (χ0) is 27.6. The van der Waals surface area contributed by atoms with E-state index in [0.29, 0.717) is 36.2 Å². The van der Waals surface area contributed by atoms with Crippen molar-refractivity contribution in [1.82, 2.24) is 20.7 Å². The van der Waals surface area contributed by atoms with Crippen molar-refractivity contribution in [2.75, 3.05) is 64.8 Å². The zero-order valence-electron chi connectivity index (χ0n) is 23.2. The molecular formula is C28H48N6O3S. The van der Waals surface area contributed by atoms with Gasteiger partial charge in [0.05, 0.1) is 4.90 Å². The van der Waals surface area contributed by atoms with Crippen LogP contribution in [0, 0.1) is 0 Å². The number of hydrogen-bond acceptors (Lipinski definition) is 7. The van der Waals surface area contributed by atoms with Crippen LogP contribution in [0.5, 0.6) is 0 Å². The van der Waals surface area contributed by atoms with Crippen LogP contribution in [-0.2, 0) is 14.8 Å². The molecule has 0 saturated heterocycles. The Morgan fingerprint density at radius 2 is 1.39 bits per heavy atom. The van der Waals surface area contributed by atoms with Gasteiger partial charge in [0.15, 0.2) is 0 Å². The van der Waals surface area contributed by atoms with E-state index in [0.717, 1.165) is 82.3 Å². The number of sulfonamides is 1. The smallest absolute Gasteiger partial charge is 0.241 e. The Balaban J connectivity index is 1.54. The average Bonchev–Trinajstić information content (AvgIpc) is 2.90. The molecule has 2 rings (SSSR count). The first kappa shape index (κ1) is 32.0. The van der Waals surface area contributed by atoms with Crippen molar-refractivity contribution in [3.05, 3.63) is 36.4 Å². The predicted molar refractivity (Wildman–Crippen MR) is 158 cm³/mol. The third kappa shape index (κ3) is 11.7. The second-order valence-corrected chi connectivity index (χ2v) is 11.5. The molecule has 0 bridgehead atoms. The number of carbonyl (C=O) groups excluding carboxylic acids is 1. The Bertz CT molecular complexity index is 1060. The van der Waals surface area contributed by atoms with Crippen LogP contribution in [0.25, 0.3) is 10.8 Å². The number of nitrogens with zero attached hydrogens (tertiary/aromatic N) is 1. The quantitative estimate of drug-likeness (QED) is 0.152. The lowest BCUT2D eigenvalue weighted by Gasteiger charge is -2.17. The maximum atomic E-state index is 13.0. The first-order valence-electron chi connectivity index (χ1n) is 13.9. The fourth-order valence-corrected chi connectivity index (χ4v) is 5.56. The summed E-state index contributed by atoms with van der Waals surface area (Å²) in [5.74, 6) is 0.0570. The Kier molecular flexibility index (Phi) is 15.2. The maximum Gasteiger partial charge on any atom is 0.241 e. The Morgan fingerprint density at radius 1 is 0.763 bits per heavy atom. The molecule has 0 radical (unpaired) electrons. The van der Waals surface area contributed by atoms with Gasteiger partial charge in [0.2, 0.25) is 15.9 Å². The number of benzene rings is 2. The van der Waals surface area contributed by atoms with Gasteiger partial charge < -0.3 is 26.6 Å². The van der Waals surface area contributed by atoms with Crippen LogP contribution in [0.2, 0.25) is 0 Å². The minimum atomic E-state index is -3.62. The monoisotopic (exact) mass is 548 g/mol. The van der Waals surface area contributed by atoms with Crippen molar-refractivity contribution in [2.24, 2.45) is 5.73 Å². The molecule has 9 nitrogen and oxygen atoms in total.